The molecule has 0 aliphatic heterocycles. The van der Waals surface area contributed by atoms with Gasteiger partial charge in [-0.3, -0.25) is 4.79 Å². The zero-order valence-corrected chi connectivity index (χ0v) is 12.0. The van der Waals surface area contributed by atoms with Gasteiger partial charge in [-0.15, -0.1) is 0 Å². The predicted molar refractivity (Wildman–Crippen MR) is 73.9 cm³/mol. The van der Waals surface area contributed by atoms with Gasteiger partial charge in [0.2, 0.25) is 5.91 Å². The van der Waals surface area contributed by atoms with Crippen LogP contribution in [0.5, 0.6) is 0 Å². The maximum absolute atomic E-state index is 11.7. The summed E-state index contributed by atoms with van der Waals surface area (Å²) in [6, 6.07) is 6.45. The van der Waals surface area contributed by atoms with E-state index in [4.69, 9.17) is 16.3 Å². The normalized spacial score (nSPS) is 12.1. The van der Waals surface area contributed by atoms with Crippen LogP contribution < -0.4 is 5.32 Å². The first-order valence-corrected chi connectivity index (χ1v) is 6.44. The van der Waals surface area contributed by atoms with Gasteiger partial charge in [0.25, 0.3) is 0 Å². The van der Waals surface area contributed by atoms with E-state index in [9.17, 15) is 9.59 Å². The molecule has 4 nitrogen and oxygen atoms in total. The zero-order chi connectivity index (χ0) is 14.4. The summed E-state index contributed by atoms with van der Waals surface area (Å²) in [7, 11) is 1.30. The maximum atomic E-state index is 11.7. The Bertz CT molecular complexity index is 443. The van der Waals surface area contributed by atoms with Crippen molar-refractivity contribution in [1.82, 2.24) is 5.32 Å². The van der Waals surface area contributed by atoms with E-state index in [1.807, 2.05) is 12.1 Å². The monoisotopic (exact) mass is 283 g/mol. The largest absolute Gasteiger partial charge is 0.467 e. The molecule has 104 valence electrons. The molecule has 0 unspecified atom stereocenters. The Morgan fingerprint density at radius 2 is 1.84 bits per heavy atom. The zero-order valence-electron chi connectivity index (χ0n) is 11.3. The third-order valence-electron chi connectivity index (χ3n) is 2.68. The van der Waals surface area contributed by atoms with Gasteiger partial charge in [-0.25, -0.2) is 4.79 Å². The maximum Gasteiger partial charge on any atom is 0.328 e. The second kappa shape index (κ2) is 7.14. The summed E-state index contributed by atoms with van der Waals surface area (Å²) in [6.07, 6.45) is 0.377. The van der Waals surface area contributed by atoms with Crippen LogP contribution in [0.4, 0.5) is 0 Å². The number of halogens is 1. The van der Waals surface area contributed by atoms with E-state index >= 15 is 0 Å². The fraction of sp³-hybridized carbons (Fsp3) is 0.429. The molecule has 0 saturated carbocycles. The minimum absolute atomic E-state index is 0.177. The number of hydrogen-bond donors (Lipinski definition) is 1. The molecule has 0 aliphatic rings. The summed E-state index contributed by atoms with van der Waals surface area (Å²) in [5.41, 5.74) is 0.906. The van der Waals surface area contributed by atoms with Crippen molar-refractivity contribution in [3.05, 3.63) is 34.9 Å². The highest BCUT2D eigenvalue weighted by molar-refractivity contribution is 6.30. The molecule has 0 saturated heterocycles. The van der Waals surface area contributed by atoms with Crippen LogP contribution in [0.1, 0.15) is 19.4 Å². The Labute approximate surface area is 118 Å². The van der Waals surface area contributed by atoms with Gasteiger partial charge in [-0.05, 0) is 17.7 Å². The van der Waals surface area contributed by atoms with Crippen LogP contribution in [-0.4, -0.2) is 25.0 Å². The lowest BCUT2D eigenvalue weighted by atomic mass is 10.1. The number of carbonyl (C=O) groups excluding carboxylic acids is 2. The summed E-state index contributed by atoms with van der Waals surface area (Å²) < 4.78 is 4.71. The number of carbonyl (C=O) groups is 2. The van der Waals surface area contributed by atoms with Crippen LogP contribution in [-0.2, 0) is 20.7 Å². The minimum Gasteiger partial charge on any atom is -0.467 e. The molecule has 1 atom stereocenters. The Kier molecular flexibility index (Phi) is 5.83. The van der Waals surface area contributed by atoms with Gasteiger partial charge in [-0.2, -0.15) is 0 Å². The van der Waals surface area contributed by atoms with Crippen molar-refractivity contribution in [3.8, 4) is 0 Å². The van der Waals surface area contributed by atoms with Crippen molar-refractivity contribution in [2.75, 3.05) is 7.11 Å². The number of rotatable bonds is 5. The van der Waals surface area contributed by atoms with Gasteiger partial charge < -0.3 is 10.1 Å². The van der Waals surface area contributed by atoms with Crippen molar-refractivity contribution in [3.63, 3.8) is 0 Å². The molecule has 0 fully saturated rings. The SMILES string of the molecule is COC(=O)[C@H](Cc1ccc(Cl)cc1)NC(=O)C(C)C. The van der Waals surface area contributed by atoms with Gasteiger partial charge >= 0.3 is 5.97 Å². The second-order valence-electron chi connectivity index (χ2n) is 4.57. The van der Waals surface area contributed by atoms with E-state index in [-0.39, 0.29) is 11.8 Å². The fourth-order valence-corrected chi connectivity index (χ4v) is 1.66. The Balaban J connectivity index is 2.77. The molecule has 0 heterocycles. The summed E-state index contributed by atoms with van der Waals surface area (Å²) in [5, 5.41) is 3.31. The van der Waals surface area contributed by atoms with Crippen LogP contribution in [0.25, 0.3) is 0 Å². The van der Waals surface area contributed by atoms with E-state index in [0.29, 0.717) is 11.4 Å². The van der Waals surface area contributed by atoms with Crippen molar-refractivity contribution in [2.45, 2.75) is 26.3 Å². The van der Waals surface area contributed by atoms with Crippen LogP contribution in [0.15, 0.2) is 24.3 Å². The first-order chi connectivity index (χ1) is 8.93. The van der Waals surface area contributed by atoms with Crippen LogP contribution in [0, 0.1) is 5.92 Å². The third-order valence-corrected chi connectivity index (χ3v) is 2.93. The minimum atomic E-state index is -0.680. The van der Waals surface area contributed by atoms with E-state index in [0.717, 1.165) is 5.56 Å². The molecule has 0 aliphatic carbocycles. The number of hydrogen-bond acceptors (Lipinski definition) is 3. The smallest absolute Gasteiger partial charge is 0.328 e. The average Bonchev–Trinajstić information content (AvgIpc) is 2.39. The quantitative estimate of drug-likeness (QED) is 0.843. The van der Waals surface area contributed by atoms with Crippen molar-refractivity contribution >= 4 is 23.5 Å². The molecule has 1 amide bonds. The van der Waals surface area contributed by atoms with Gasteiger partial charge in [-0.1, -0.05) is 37.6 Å². The molecule has 5 heteroatoms. The number of nitrogens with one attached hydrogen (secondary N) is 1. The standard InChI is InChI=1S/C14H18ClNO3/c1-9(2)13(17)16-12(14(18)19-3)8-10-4-6-11(15)7-5-10/h4-7,9,12H,8H2,1-3H3,(H,16,17)/t12-/m0/s1. The summed E-state index contributed by atoms with van der Waals surface area (Å²) >= 11 is 5.80. The molecule has 0 radical (unpaired) electrons. The lowest BCUT2D eigenvalue weighted by Gasteiger charge is -2.18. The Morgan fingerprint density at radius 1 is 1.26 bits per heavy atom. The molecule has 19 heavy (non-hydrogen) atoms. The average molecular weight is 284 g/mol. The molecular formula is C14H18ClNO3. The number of methoxy groups -OCH3 is 1. The summed E-state index contributed by atoms with van der Waals surface area (Å²) in [6.45, 7) is 3.54. The first-order valence-electron chi connectivity index (χ1n) is 6.06. The van der Waals surface area contributed by atoms with Crippen LogP contribution >= 0.6 is 11.6 Å². The highest BCUT2D eigenvalue weighted by Gasteiger charge is 2.22. The topological polar surface area (TPSA) is 55.4 Å². The van der Waals surface area contributed by atoms with E-state index in [1.165, 1.54) is 7.11 Å². The fourth-order valence-electron chi connectivity index (χ4n) is 1.53. The molecule has 0 aromatic heterocycles. The molecule has 0 bridgehead atoms. The molecular weight excluding hydrogens is 266 g/mol. The van der Waals surface area contributed by atoms with Gasteiger partial charge in [0.15, 0.2) is 0 Å². The summed E-state index contributed by atoms with van der Waals surface area (Å²) in [4.78, 5) is 23.4. The lowest BCUT2D eigenvalue weighted by Crippen LogP contribution is -2.44. The number of amides is 1. The second-order valence-corrected chi connectivity index (χ2v) is 5.01. The predicted octanol–water partition coefficient (Wildman–Crippen LogP) is 2.20. The van der Waals surface area contributed by atoms with E-state index in [1.54, 1.807) is 26.0 Å². The molecule has 1 rings (SSSR count). The van der Waals surface area contributed by atoms with E-state index < -0.39 is 12.0 Å². The molecule has 1 aromatic rings. The lowest BCUT2D eigenvalue weighted by molar-refractivity contribution is -0.145. The van der Waals surface area contributed by atoms with Crippen molar-refractivity contribution < 1.29 is 14.3 Å². The third kappa shape index (κ3) is 4.91. The summed E-state index contributed by atoms with van der Waals surface area (Å²) in [5.74, 6) is -0.814. The molecule has 0 spiro atoms. The number of esters is 1. The highest BCUT2D eigenvalue weighted by atomic mass is 35.5. The first kappa shape index (κ1) is 15.5. The van der Waals surface area contributed by atoms with Crippen molar-refractivity contribution in [1.29, 1.82) is 0 Å². The molecule has 1 N–H and O–H groups in total. The van der Waals surface area contributed by atoms with Crippen molar-refractivity contribution in [2.24, 2.45) is 5.92 Å². The van der Waals surface area contributed by atoms with Crippen LogP contribution in [0.3, 0.4) is 0 Å². The van der Waals surface area contributed by atoms with Gasteiger partial charge in [0.1, 0.15) is 6.04 Å². The van der Waals surface area contributed by atoms with Gasteiger partial charge in [0.05, 0.1) is 7.11 Å². The molecule has 1 aromatic carbocycles. The van der Waals surface area contributed by atoms with E-state index in [2.05, 4.69) is 5.32 Å². The number of ether oxygens (including phenoxy) is 1. The Hall–Kier alpha value is -1.55. The number of benzene rings is 1. The highest BCUT2D eigenvalue weighted by Crippen LogP contribution is 2.12. The van der Waals surface area contributed by atoms with Gasteiger partial charge in [0, 0.05) is 17.4 Å². The van der Waals surface area contributed by atoms with Crippen LogP contribution in [0.2, 0.25) is 5.02 Å². The Morgan fingerprint density at radius 3 is 2.32 bits per heavy atom.